The Morgan fingerprint density at radius 3 is 1.89 bits per heavy atom. The van der Waals surface area contributed by atoms with Crippen LogP contribution in [0.15, 0.2) is 0 Å². The summed E-state index contributed by atoms with van der Waals surface area (Å²) in [6.07, 6.45) is 0. The third kappa shape index (κ3) is 5.06. The number of rotatable bonds is 2. The van der Waals surface area contributed by atoms with Crippen LogP contribution in [0.25, 0.3) is 0 Å². The van der Waals surface area contributed by atoms with Crippen LogP contribution in [0.4, 0.5) is 0 Å². The molecule has 0 aliphatic heterocycles. The van der Waals surface area contributed by atoms with Crippen LogP contribution in [0.3, 0.4) is 0 Å². The third-order valence-corrected chi connectivity index (χ3v) is 3.60. The molecule has 0 unspecified atom stereocenters. The Bertz CT molecular complexity index is 109. The van der Waals surface area contributed by atoms with Gasteiger partial charge in [-0.15, -0.1) is 23.5 Å². The molecule has 0 aromatic carbocycles. The van der Waals surface area contributed by atoms with Crippen molar-refractivity contribution in [2.75, 3.05) is 11.5 Å². The van der Waals surface area contributed by atoms with Gasteiger partial charge in [-0.3, -0.25) is 0 Å². The van der Waals surface area contributed by atoms with E-state index in [1.54, 1.807) is 23.5 Å². The molecule has 0 N–H and O–H groups in total. The highest BCUT2D eigenvalue weighted by Crippen LogP contribution is 2.13. The van der Waals surface area contributed by atoms with Gasteiger partial charge in [0.15, 0.2) is 0 Å². The Hall–Kier alpha value is 0.590. The van der Waals surface area contributed by atoms with Crippen molar-refractivity contribution in [3.8, 4) is 0 Å². The molecule has 0 aromatic rings. The first-order valence-electron chi connectivity index (χ1n) is 2.77. The van der Waals surface area contributed by atoms with E-state index in [9.17, 15) is 4.21 Å². The van der Waals surface area contributed by atoms with E-state index in [-0.39, 0.29) is 0 Å². The lowest BCUT2D eigenvalue weighted by Crippen LogP contribution is -1.84. The maximum Gasteiger partial charge on any atom is 0.134 e. The predicted molar refractivity (Wildman–Crippen MR) is 49.4 cm³/mol. The Kier molecular flexibility index (Phi) is 7.15. The molecule has 54 valence electrons. The quantitative estimate of drug-likeness (QED) is 0.606. The molecule has 0 aromatic heterocycles. The Labute approximate surface area is 68.1 Å². The first-order chi connectivity index (χ1) is 4.35. The van der Waals surface area contributed by atoms with Gasteiger partial charge in [-0.2, -0.15) is 0 Å². The highest BCUT2D eigenvalue weighted by Gasteiger charge is 1.94. The minimum absolute atomic E-state index is 0.612. The maximum absolute atomic E-state index is 10.2. The summed E-state index contributed by atoms with van der Waals surface area (Å²) < 4.78 is 11.2. The van der Waals surface area contributed by atoms with Gasteiger partial charge >= 0.3 is 0 Å². The molecule has 0 rings (SSSR count). The summed E-state index contributed by atoms with van der Waals surface area (Å²) in [5.74, 6) is 2.00. The van der Waals surface area contributed by atoms with Gasteiger partial charge in [0, 0.05) is 0 Å². The van der Waals surface area contributed by atoms with Crippen molar-refractivity contribution in [3.63, 3.8) is 0 Å². The van der Waals surface area contributed by atoms with Crippen molar-refractivity contribution in [1.82, 2.24) is 0 Å². The van der Waals surface area contributed by atoms with Crippen LogP contribution in [-0.4, -0.2) is 19.2 Å². The molecule has 9 heavy (non-hydrogen) atoms. The molecule has 0 fully saturated rings. The Morgan fingerprint density at radius 1 is 1.22 bits per heavy atom. The normalized spacial score (nSPS) is 9.11. The Morgan fingerprint density at radius 2 is 1.67 bits per heavy atom. The number of hydrogen-bond donors (Lipinski definition) is 0. The van der Waals surface area contributed by atoms with Crippen molar-refractivity contribution in [2.24, 2.45) is 0 Å². The number of thioether (sulfide) groups is 2. The minimum atomic E-state index is 0.612. The van der Waals surface area contributed by atoms with Crippen LogP contribution < -0.4 is 0 Å². The summed E-state index contributed by atoms with van der Waals surface area (Å²) in [5, 5.41) is 0. The first kappa shape index (κ1) is 9.59. The van der Waals surface area contributed by atoms with Gasteiger partial charge in [-0.25, -0.2) is 4.21 Å². The molecule has 0 atom stereocenters. The van der Waals surface area contributed by atoms with Gasteiger partial charge in [-0.1, -0.05) is 13.8 Å². The van der Waals surface area contributed by atoms with Gasteiger partial charge in [0.2, 0.25) is 0 Å². The summed E-state index contributed by atoms with van der Waals surface area (Å²) in [5.41, 5.74) is 0. The lowest BCUT2D eigenvalue weighted by atomic mass is 11.0. The molecule has 0 bridgehead atoms. The molecular formula is C5H10OS3. The second-order valence-electron chi connectivity index (χ2n) is 1.20. The first-order valence-corrected chi connectivity index (χ1v) is 5.48. The van der Waals surface area contributed by atoms with Crippen LogP contribution >= 0.6 is 23.5 Å². The molecule has 1 nitrogen and oxygen atoms in total. The van der Waals surface area contributed by atoms with E-state index in [2.05, 4.69) is 13.8 Å². The van der Waals surface area contributed by atoms with Gasteiger partial charge in [0.1, 0.15) is 14.8 Å². The smallest absolute Gasteiger partial charge is 0.134 e. The zero-order valence-electron chi connectivity index (χ0n) is 5.55. The fourth-order valence-electron chi connectivity index (χ4n) is 0.325. The maximum atomic E-state index is 10.2. The summed E-state index contributed by atoms with van der Waals surface area (Å²) in [6, 6.07) is 0. The molecule has 0 amide bonds. The van der Waals surface area contributed by atoms with Gasteiger partial charge in [0.05, 0.1) is 0 Å². The van der Waals surface area contributed by atoms with E-state index in [1.807, 2.05) is 0 Å². The van der Waals surface area contributed by atoms with Crippen LogP contribution in [0.2, 0.25) is 0 Å². The van der Waals surface area contributed by atoms with Crippen LogP contribution in [0.1, 0.15) is 13.8 Å². The highest BCUT2D eigenvalue weighted by atomic mass is 32.2. The van der Waals surface area contributed by atoms with E-state index in [0.29, 0.717) is 11.3 Å². The molecule has 0 aliphatic carbocycles. The van der Waals surface area contributed by atoms with Crippen molar-refractivity contribution in [1.29, 1.82) is 0 Å². The standard InChI is InChI=1S/C5H10OS3/c1-3-7-5(9-6)8-4-2/h3-4H2,1-2H3. The Balaban J connectivity index is 3.57. The summed E-state index contributed by atoms with van der Waals surface area (Å²) in [6.45, 7) is 4.11. The second kappa shape index (κ2) is 6.71. The van der Waals surface area contributed by atoms with Crippen molar-refractivity contribution >= 4 is 38.3 Å². The summed E-state index contributed by atoms with van der Waals surface area (Å²) in [7, 11) is 0. The van der Waals surface area contributed by atoms with Crippen molar-refractivity contribution in [2.45, 2.75) is 13.8 Å². The zero-order chi connectivity index (χ0) is 7.11. The second-order valence-corrected chi connectivity index (χ2v) is 5.10. The fourth-order valence-corrected chi connectivity index (χ4v) is 2.93. The number of hydrogen-bond acceptors (Lipinski definition) is 3. The molecule has 0 saturated heterocycles. The largest absolute Gasteiger partial charge is 0.211 e. The zero-order valence-corrected chi connectivity index (χ0v) is 8.00. The van der Waals surface area contributed by atoms with E-state index >= 15 is 0 Å². The molecule has 0 spiro atoms. The highest BCUT2D eigenvalue weighted by molar-refractivity contribution is 8.45. The SMILES string of the molecule is CCSC(SCC)=S=O. The topological polar surface area (TPSA) is 17.1 Å². The van der Waals surface area contributed by atoms with E-state index < -0.39 is 0 Å². The average molecular weight is 182 g/mol. The van der Waals surface area contributed by atoms with Crippen LogP contribution in [-0.2, 0) is 11.3 Å². The van der Waals surface area contributed by atoms with Gasteiger partial charge < -0.3 is 0 Å². The van der Waals surface area contributed by atoms with E-state index in [1.165, 1.54) is 0 Å². The van der Waals surface area contributed by atoms with E-state index in [4.69, 9.17) is 0 Å². The molecule has 0 heterocycles. The lowest BCUT2D eigenvalue weighted by Gasteiger charge is -1.94. The molecule has 4 heteroatoms. The van der Waals surface area contributed by atoms with E-state index in [0.717, 1.165) is 15.0 Å². The van der Waals surface area contributed by atoms with Gasteiger partial charge in [0.25, 0.3) is 0 Å². The minimum Gasteiger partial charge on any atom is -0.211 e. The van der Waals surface area contributed by atoms with Crippen molar-refractivity contribution in [3.05, 3.63) is 0 Å². The van der Waals surface area contributed by atoms with Crippen LogP contribution in [0, 0.1) is 0 Å². The monoisotopic (exact) mass is 182 g/mol. The molecule has 0 radical (unpaired) electrons. The summed E-state index contributed by atoms with van der Waals surface area (Å²) >= 11 is 3.87. The van der Waals surface area contributed by atoms with Gasteiger partial charge in [-0.05, 0) is 11.5 Å². The van der Waals surface area contributed by atoms with Crippen molar-refractivity contribution < 1.29 is 4.21 Å². The molecular weight excluding hydrogens is 172 g/mol. The lowest BCUT2D eigenvalue weighted by molar-refractivity contribution is 0.701. The predicted octanol–water partition coefficient (Wildman–Crippen LogP) is 1.79. The third-order valence-electron chi connectivity index (χ3n) is 0.592. The molecule has 0 saturated carbocycles. The van der Waals surface area contributed by atoms with Crippen LogP contribution in [0.5, 0.6) is 0 Å². The molecule has 0 aliphatic rings. The average Bonchev–Trinajstić information content (AvgIpc) is 1.88. The summed E-state index contributed by atoms with van der Waals surface area (Å²) in [4.78, 5) is 0. The fraction of sp³-hybridized carbons (Fsp3) is 0.800.